The van der Waals surface area contributed by atoms with Gasteiger partial charge in [0.15, 0.2) is 0 Å². The van der Waals surface area contributed by atoms with Crippen LogP contribution < -0.4 is 11.1 Å². The molecule has 2 heteroatoms. The summed E-state index contributed by atoms with van der Waals surface area (Å²) < 4.78 is 0. The van der Waals surface area contributed by atoms with E-state index in [0.29, 0.717) is 12.1 Å². The number of hydrogen-bond donors (Lipinski definition) is 2. The fraction of sp³-hybridized carbons (Fsp3) is 1.00. The average Bonchev–Trinajstić information content (AvgIpc) is 2.12. The zero-order valence-corrected chi connectivity index (χ0v) is 8.77. The number of nitrogens with two attached hydrogens (primary N) is 1. The lowest BCUT2D eigenvalue weighted by molar-refractivity contribution is 0.385. The van der Waals surface area contributed by atoms with Crippen molar-refractivity contribution in [2.75, 3.05) is 6.54 Å². The van der Waals surface area contributed by atoms with Crippen LogP contribution in [0, 0.1) is 0 Å². The lowest BCUT2D eigenvalue weighted by atomic mass is 10.1. The maximum atomic E-state index is 5.52. The van der Waals surface area contributed by atoms with Gasteiger partial charge in [-0.3, -0.25) is 0 Å². The van der Waals surface area contributed by atoms with Gasteiger partial charge in [0.1, 0.15) is 0 Å². The summed E-state index contributed by atoms with van der Waals surface area (Å²) in [7, 11) is 0. The van der Waals surface area contributed by atoms with Gasteiger partial charge in [-0.1, -0.05) is 20.8 Å². The largest absolute Gasteiger partial charge is 0.330 e. The second kappa shape index (κ2) is 7.56. The molecule has 12 heavy (non-hydrogen) atoms. The Labute approximate surface area is 76.9 Å². The summed E-state index contributed by atoms with van der Waals surface area (Å²) in [5.41, 5.74) is 5.52. The molecular formula is C10H24N2. The summed E-state index contributed by atoms with van der Waals surface area (Å²) in [6, 6.07) is 1.31. The Bertz CT molecular complexity index is 89.8. The van der Waals surface area contributed by atoms with Crippen LogP contribution in [-0.2, 0) is 0 Å². The number of rotatable bonds is 7. The lowest BCUT2D eigenvalue weighted by Gasteiger charge is -2.22. The highest BCUT2D eigenvalue weighted by atomic mass is 14.9. The molecule has 2 nitrogen and oxygen atoms in total. The van der Waals surface area contributed by atoms with Crippen molar-refractivity contribution in [3.63, 3.8) is 0 Å². The van der Waals surface area contributed by atoms with Crippen LogP contribution in [0.15, 0.2) is 0 Å². The van der Waals surface area contributed by atoms with E-state index in [-0.39, 0.29) is 0 Å². The van der Waals surface area contributed by atoms with Crippen molar-refractivity contribution in [2.45, 2.75) is 58.5 Å². The second-order valence-corrected chi connectivity index (χ2v) is 3.36. The summed E-state index contributed by atoms with van der Waals surface area (Å²) in [6.07, 6.45) is 4.73. The predicted molar refractivity (Wildman–Crippen MR) is 55.3 cm³/mol. The molecule has 0 bridgehead atoms. The van der Waals surface area contributed by atoms with E-state index in [1.165, 1.54) is 19.3 Å². The summed E-state index contributed by atoms with van der Waals surface area (Å²) in [5, 5.41) is 3.62. The Morgan fingerprint density at radius 2 is 1.50 bits per heavy atom. The predicted octanol–water partition coefficient (Wildman–Crippen LogP) is 1.89. The van der Waals surface area contributed by atoms with Crippen LogP contribution in [0.4, 0.5) is 0 Å². The van der Waals surface area contributed by atoms with E-state index in [2.05, 4.69) is 26.1 Å². The Balaban J connectivity index is 3.65. The molecule has 0 radical (unpaired) electrons. The number of hydrogen-bond acceptors (Lipinski definition) is 2. The van der Waals surface area contributed by atoms with Gasteiger partial charge in [0, 0.05) is 12.1 Å². The molecule has 0 amide bonds. The van der Waals surface area contributed by atoms with Crippen molar-refractivity contribution in [2.24, 2.45) is 5.73 Å². The van der Waals surface area contributed by atoms with E-state index >= 15 is 0 Å². The minimum absolute atomic E-state index is 0.625. The first-order valence-electron chi connectivity index (χ1n) is 5.24. The fourth-order valence-electron chi connectivity index (χ4n) is 1.46. The van der Waals surface area contributed by atoms with Crippen LogP contribution in [-0.4, -0.2) is 18.6 Å². The van der Waals surface area contributed by atoms with Crippen LogP contribution in [0.3, 0.4) is 0 Å². The molecule has 0 aliphatic heterocycles. The first kappa shape index (κ1) is 11.9. The molecule has 1 atom stereocenters. The van der Waals surface area contributed by atoms with Crippen LogP contribution >= 0.6 is 0 Å². The van der Waals surface area contributed by atoms with Gasteiger partial charge in [0.25, 0.3) is 0 Å². The first-order valence-corrected chi connectivity index (χ1v) is 5.24. The van der Waals surface area contributed by atoms with E-state index < -0.39 is 0 Å². The smallest absolute Gasteiger partial charge is 0.00790 e. The summed E-state index contributed by atoms with van der Waals surface area (Å²) in [4.78, 5) is 0. The molecule has 0 aliphatic rings. The molecule has 0 fully saturated rings. The topological polar surface area (TPSA) is 38.0 Å². The van der Waals surface area contributed by atoms with Gasteiger partial charge in [-0.2, -0.15) is 0 Å². The van der Waals surface area contributed by atoms with Crippen molar-refractivity contribution in [3.05, 3.63) is 0 Å². The highest BCUT2D eigenvalue weighted by molar-refractivity contribution is 4.71. The molecule has 0 aromatic rings. The Morgan fingerprint density at radius 3 is 1.83 bits per heavy atom. The number of nitrogens with one attached hydrogen (secondary N) is 1. The van der Waals surface area contributed by atoms with Gasteiger partial charge < -0.3 is 11.1 Å². The quantitative estimate of drug-likeness (QED) is 0.615. The molecule has 0 spiro atoms. The molecule has 3 N–H and O–H groups in total. The monoisotopic (exact) mass is 172 g/mol. The van der Waals surface area contributed by atoms with Crippen LogP contribution in [0.25, 0.3) is 0 Å². The second-order valence-electron chi connectivity index (χ2n) is 3.36. The minimum Gasteiger partial charge on any atom is -0.330 e. The maximum Gasteiger partial charge on any atom is 0.00790 e. The Kier molecular flexibility index (Phi) is 7.51. The third-order valence-corrected chi connectivity index (χ3v) is 2.46. The standard InChI is InChI=1S/C10H24N2/c1-4-9(5-2)12-10(6-3)7-8-11/h9-10,12H,4-8,11H2,1-3H3. The van der Waals surface area contributed by atoms with Gasteiger partial charge in [0.2, 0.25) is 0 Å². The third-order valence-electron chi connectivity index (χ3n) is 2.46. The van der Waals surface area contributed by atoms with E-state index in [1.807, 2.05) is 0 Å². The van der Waals surface area contributed by atoms with Crippen molar-refractivity contribution in [1.29, 1.82) is 0 Å². The Hall–Kier alpha value is -0.0800. The normalized spacial score (nSPS) is 13.8. The van der Waals surface area contributed by atoms with Gasteiger partial charge in [0.05, 0.1) is 0 Å². The summed E-state index contributed by atoms with van der Waals surface area (Å²) in [6.45, 7) is 7.48. The lowest BCUT2D eigenvalue weighted by Crippen LogP contribution is -2.38. The maximum absolute atomic E-state index is 5.52. The molecule has 0 saturated heterocycles. The zero-order chi connectivity index (χ0) is 9.40. The molecule has 0 heterocycles. The van der Waals surface area contributed by atoms with Gasteiger partial charge >= 0.3 is 0 Å². The molecule has 0 aromatic carbocycles. The highest BCUT2D eigenvalue weighted by Crippen LogP contribution is 2.03. The fourth-order valence-corrected chi connectivity index (χ4v) is 1.46. The van der Waals surface area contributed by atoms with Gasteiger partial charge in [-0.15, -0.1) is 0 Å². The SMILES string of the molecule is CCC(CC)NC(CC)CCN. The van der Waals surface area contributed by atoms with Crippen molar-refractivity contribution in [3.8, 4) is 0 Å². The summed E-state index contributed by atoms with van der Waals surface area (Å²) >= 11 is 0. The molecule has 0 saturated carbocycles. The molecule has 0 aromatic heterocycles. The molecule has 74 valence electrons. The van der Waals surface area contributed by atoms with Crippen LogP contribution in [0.1, 0.15) is 46.5 Å². The highest BCUT2D eigenvalue weighted by Gasteiger charge is 2.09. The van der Waals surface area contributed by atoms with Gasteiger partial charge in [-0.05, 0) is 32.2 Å². The zero-order valence-electron chi connectivity index (χ0n) is 8.77. The van der Waals surface area contributed by atoms with E-state index in [4.69, 9.17) is 5.73 Å². The average molecular weight is 172 g/mol. The molecule has 0 rings (SSSR count). The van der Waals surface area contributed by atoms with E-state index in [0.717, 1.165) is 13.0 Å². The van der Waals surface area contributed by atoms with E-state index in [1.54, 1.807) is 0 Å². The van der Waals surface area contributed by atoms with Crippen LogP contribution in [0.2, 0.25) is 0 Å². The summed E-state index contributed by atoms with van der Waals surface area (Å²) in [5.74, 6) is 0. The van der Waals surface area contributed by atoms with Crippen molar-refractivity contribution < 1.29 is 0 Å². The van der Waals surface area contributed by atoms with Crippen molar-refractivity contribution >= 4 is 0 Å². The third kappa shape index (κ3) is 4.73. The minimum atomic E-state index is 0.625. The van der Waals surface area contributed by atoms with E-state index in [9.17, 15) is 0 Å². The Morgan fingerprint density at radius 1 is 1.00 bits per heavy atom. The molecule has 0 aliphatic carbocycles. The molecule has 1 unspecified atom stereocenters. The van der Waals surface area contributed by atoms with Crippen LogP contribution in [0.5, 0.6) is 0 Å². The van der Waals surface area contributed by atoms with Gasteiger partial charge in [-0.25, -0.2) is 0 Å². The molecular weight excluding hydrogens is 148 g/mol. The first-order chi connectivity index (χ1) is 5.78. The van der Waals surface area contributed by atoms with Crippen molar-refractivity contribution in [1.82, 2.24) is 5.32 Å².